The quantitative estimate of drug-likeness (QED) is 0.0835. The molecule has 4 saturated heterocycles. The number of aromatic nitrogens is 12. The lowest BCUT2D eigenvalue weighted by Crippen LogP contribution is -2.25. The monoisotopic (exact) mass is 2080 g/mol. The second-order valence-corrected chi connectivity index (χ2v) is 39.3. The molecule has 147 heavy (non-hydrogen) atoms. The molecule has 27 rings (SSSR count). The summed E-state index contributed by atoms with van der Waals surface area (Å²) in [5.41, 5.74) is 20.8. The summed E-state index contributed by atoms with van der Waals surface area (Å²) >= 11 is 6.65. The minimum absolute atomic E-state index is 0.0609. The molecule has 0 spiro atoms. The number of halogens is 2. The molecule has 0 amide bonds. The number of allylic oxidation sites excluding steroid dienone is 1. The molecule has 14 heterocycles. The summed E-state index contributed by atoms with van der Waals surface area (Å²) in [5.74, 6) is 4.67. The molecule has 4 atom stereocenters. The van der Waals surface area contributed by atoms with E-state index in [9.17, 15) is 10.2 Å². The lowest BCUT2D eigenvalue weighted by atomic mass is 10.1. The highest BCUT2D eigenvalue weighted by atomic mass is 79.9. The van der Waals surface area contributed by atoms with E-state index < -0.39 is 0 Å². The van der Waals surface area contributed by atoms with E-state index in [0.717, 1.165) is 212 Å². The number of hydrogen-bond acceptors (Lipinski definition) is 14. The number of aromatic hydroxyl groups is 2. The molecule has 0 saturated carbocycles. The first kappa shape index (κ1) is 99.3. The van der Waals surface area contributed by atoms with E-state index in [-0.39, 0.29) is 25.0 Å². The predicted octanol–water partition coefficient (Wildman–Crippen LogP) is 32.0. The molecule has 24 heteroatoms. The molecule has 4 unspecified atom stereocenters. The Bertz CT molecular complexity index is 8320. The predicted molar refractivity (Wildman–Crippen MR) is 597 cm³/mol. The SMILES string of the molecule is Brc1ccccn1.C1=COCCC1.Cc1cc(C)n(-c2cccc(Br)c2)n1.Cc1cc(C)n(-c2cccc(Oc3ccc4c(c3)[nH]c3ccccc34)c2)n1.Cc1cc(C)n(-c2cccc(Oc3ccc4c5ccccc5n(C5CCCCO5)c4c3)c2)n1.Oc1ccc2c(c1)[nH]c1ccccc12.Oc1ccc2c3ccccc3n(C3CCCCO3)c2c1.c1ccc2c(c1)c1ccc(OC3CCCCO3)cc1n2C1CCCCO1. The zero-order valence-electron chi connectivity index (χ0n) is 83.5. The van der Waals surface area contributed by atoms with Gasteiger partial charge < -0.3 is 71.8 Å². The van der Waals surface area contributed by atoms with Gasteiger partial charge in [-0.15, -0.1) is 0 Å². The number of hydrogen-bond donors (Lipinski definition) is 4. The van der Waals surface area contributed by atoms with Crippen molar-refractivity contribution in [2.45, 2.75) is 156 Å². The van der Waals surface area contributed by atoms with Crippen LogP contribution in [-0.2, 0) is 23.7 Å². The first-order valence-electron chi connectivity index (χ1n) is 50.9. The van der Waals surface area contributed by atoms with Crippen molar-refractivity contribution in [1.29, 1.82) is 0 Å². The van der Waals surface area contributed by atoms with E-state index in [2.05, 4.69) is 260 Å². The van der Waals surface area contributed by atoms with Crippen LogP contribution in [0.1, 0.15) is 143 Å². The van der Waals surface area contributed by atoms with Crippen molar-refractivity contribution in [3.63, 3.8) is 0 Å². The lowest BCUT2D eigenvalue weighted by Gasteiger charge is -2.26. The van der Waals surface area contributed by atoms with Gasteiger partial charge in [0.05, 0.1) is 97.8 Å². The molecule has 0 radical (unpaired) electrons. The molecular weight excluding hydrogens is 1970 g/mol. The highest BCUT2D eigenvalue weighted by Crippen LogP contribution is 2.43. The number of ether oxygens (including phenoxy) is 8. The Hall–Kier alpha value is -15.0. The van der Waals surface area contributed by atoms with Crippen molar-refractivity contribution in [3.05, 3.63) is 383 Å². The van der Waals surface area contributed by atoms with E-state index in [1.54, 1.807) is 30.7 Å². The van der Waals surface area contributed by atoms with Gasteiger partial charge in [0.15, 0.2) is 6.29 Å². The van der Waals surface area contributed by atoms with E-state index in [1.807, 2.05) is 180 Å². The lowest BCUT2D eigenvalue weighted by molar-refractivity contribution is -0.105. The average molecular weight is 2090 g/mol. The Kier molecular flexibility index (Phi) is 31.5. The van der Waals surface area contributed by atoms with Crippen molar-refractivity contribution >= 4 is 141 Å². The summed E-state index contributed by atoms with van der Waals surface area (Å²) in [5, 5.41) is 44.9. The molecule has 22 aromatic rings. The van der Waals surface area contributed by atoms with Crippen molar-refractivity contribution in [3.8, 4) is 57.3 Å². The van der Waals surface area contributed by atoms with Crippen molar-refractivity contribution in [1.82, 2.24) is 58.0 Å². The zero-order chi connectivity index (χ0) is 101. The molecule has 4 N–H and O–H groups in total. The number of nitrogens with zero attached hydrogens (tertiary/aromatic N) is 10. The maximum atomic E-state index is 9.82. The van der Waals surface area contributed by atoms with Crippen molar-refractivity contribution in [2.75, 3.05) is 33.0 Å². The second kappa shape index (κ2) is 46.6. The van der Waals surface area contributed by atoms with Gasteiger partial charge in [-0.2, -0.15) is 15.3 Å². The maximum absolute atomic E-state index is 9.82. The van der Waals surface area contributed by atoms with E-state index >= 15 is 0 Å². The molecule has 5 aliphatic rings. The van der Waals surface area contributed by atoms with Crippen LogP contribution in [0.5, 0.6) is 40.2 Å². The standard InChI is InChI=1S/C28H27N3O2.C23H19N3O.C22H25NO3.C17H17NO2.C12H9NO.C11H11BrN2.C5H4BrN.C5H8O/c1-19-16-20(2)31(29-19)21-8-7-9-22(17-21)33-23-13-14-25-24-10-3-4-11-26(24)30(27(25)18-23)28-12-5-6-15-32-28;1-15-12-16(2)26(25-15)17-6-5-7-18(13-17)27-19-10-11-21-20-8-3-4-9-22(20)24-23(21)14-19;1-2-8-19-17(7-1)18-12-11-16(26-22-10-4-6-14-25-22)15-20(18)23(19)21-9-3-5-13-24-21;19-12-8-9-14-13-5-1-2-6-15(13)18(16(14)11-12)17-7-3-4-10-20-17;14-8-5-6-10-9-3-1-2-4-11(9)13-12(10)7-8;1-8-6-9(2)14(13-8)11-5-3-4-10(12)7-11;6-5-3-1-2-4-7-5;1-2-4-6-5-3-1/h3-4,7-11,13-14,16-18,28H,5-6,12,15H2,1-2H3;3-14,24H,1-2H3;1-2,7-8,11-12,15,21-22H,3-6,9-10,13-14H2;1-2,5-6,8-9,11,17,19H,3-4,7,10H2;1-7,13-14H;3-7H,1-2H3;1-4H;2,4H,1,3,5H2. The Balaban J connectivity index is 0.000000106. The third-order valence-corrected chi connectivity index (χ3v) is 27.9. The minimum Gasteiger partial charge on any atom is -0.508 e. The molecule has 22 nitrogen and oxygen atoms in total. The average Bonchev–Trinajstić information content (AvgIpc) is 1.60. The number of aryl methyl sites for hydroxylation is 6. The smallest absolute Gasteiger partial charge is 0.199 e. The van der Waals surface area contributed by atoms with Gasteiger partial charge in [0.1, 0.15) is 63.5 Å². The molecule has 0 aliphatic carbocycles. The number of para-hydroxylation sites is 5. The number of benzene rings is 13. The number of pyridine rings is 1. The van der Waals surface area contributed by atoms with Crippen molar-refractivity contribution in [2.24, 2.45) is 0 Å². The molecule has 0 bridgehead atoms. The second-order valence-electron chi connectivity index (χ2n) is 37.6. The van der Waals surface area contributed by atoms with Gasteiger partial charge in [-0.05, 0) is 311 Å². The highest BCUT2D eigenvalue weighted by Gasteiger charge is 2.27. The summed E-state index contributed by atoms with van der Waals surface area (Å²) in [4.78, 5) is 10.6. The van der Waals surface area contributed by atoms with Crippen LogP contribution < -0.4 is 14.2 Å². The molecule has 746 valence electrons. The summed E-state index contributed by atoms with van der Waals surface area (Å²) in [6.45, 7) is 16.4. The number of aromatic amines is 2. The van der Waals surface area contributed by atoms with E-state index in [1.165, 1.54) is 109 Å². The summed E-state index contributed by atoms with van der Waals surface area (Å²) in [7, 11) is 0. The third-order valence-electron chi connectivity index (χ3n) is 26.9. The van der Waals surface area contributed by atoms with Gasteiger partial charge in [-0.1, -0.05) is 131 Å². The van der Waals surface area contributed by atoms with Crippen LogP contribution in [0.2, 0.25) is 0 Å². The van der Waals surface area contributed by atoms with Crippen LogP contribution in [0.15, 0.2) is 349 Å². The largest absolute Gasteiger partial charge is 0.508 e. The van der Waals surface area contributed by atoms with Gasteiger partial charge in [-0.3, -0.25) is 0 Å². The van der Waals surface area contributed by atoms with E-state index in [0.29, 0.717) is 11.5 Å². The number of rotatable bonds is 12. The topological polar surface area (TPSA) is 227 Å². The maximum Gasteiger partial charge on any atom is 0.199 e. The number of nitrogens with one attached hydrogen (secondary N) is 2. The third kappa shape index (κ3) is 23.4. The molecule has 13 aromatic carbocycles. The van der Waals surface area contributed by atoms with Crippen molar-refractivity contribution < 1.29 is 48.1 Å². The van der Waals surface area contributed by atoms with Gasteiger partial charge in [0.2, 0.25) is 0 Å². The Labute approximate surface area is 870 Å². The van der Waals surface area contributed by atoms with Gasteiger partial charge in [-0.25, -0.2) is 19.0 Å². The fourth-order valence-corrected chi connectivity index (χ4v) is 20.9. The summed E-state index contributed by atoms with van der Waals surface area (Å²) < 4.78 is 62.2. The van der Waals surface area contributed by atoms with Crippen LogP contribution in [0.3, 0.4) is 0 Å². The molecule has 4 fully saturated rings. The number of H-pyrrole nitrogens is 2. The van der Waals surface area contributed by atoms with Crippen LogP contribution in [-0.4, -0.2) is 108 Å². The van der Waals surface area contributed by atoms with Gasteiger partial charge >= 0.3 is 0 Å². The number of fused-ring (bicyclic) bond motifs is 15. The molecular formula is C123H120Br2N12O10. The summed E-state index contributed by atoms with van der Waals surface area (Å²) in [6, 6.07) is 108. The Morgan fingerprint density at radius 3 is 1.12 bits per heavy atom. The fourth-order valence-electron chi connectivity index (χ4n) is 20.2. The minimum atomic E-state index is -0.120. The van der Waals surface area contributed by atoms with Crippen LogP contribution in [0.25, 0.3) is 126 Å². The number of phenolic OH excluding ortho intramolecular Hbond substituents is 2. The molecule has 9 aromatic heterocycles. The van der Waals surface area contributed by atoms with Crippen LogP contribution in [0, 0.1) is 41.5 Å². The zero-order valence-corrected chi connectivity index (χ0v) is 86.6. The highest BCUT2D eigenvalue weighted by molar-refractivity contribution is 9.10. The number of phenols is 2. The Morgan fingerprint density at radius 1 is 0.313 bits per heavy atom. The van der Waals surface area contributed by atoms with Crippen LogP contribution in [0.4, 0.5) is 0 Å². The first-order valence-corrected chi connectivity index (χ1v) is 52.4. The first-order chi connectivity index (χ1) is 72.0. The Morgan fingerprint density at radius 2 is 0.701 bits per heavy atom. The van der Waals surface area contributed by atoms with Gasteiger partial charge in [0, 0.05) is 161 Å². The summed E-state index contributed by atoms with van der Waals surface area (Å²) in [6.07, 6.45) is 21.5. The van der Waals surface area contributed by atoms with Crippen LogP contribution >= 0.6 is 31.9 Å². The molecule has 5 aliphatic heterocycles. The fraction of sp³-hybridized carbons (Fsp3) is 0.236. The van der Waals surface area contributed by atoms with E-state index in [4.69, 9.17) is 37.9 Å². The van der Waals surface area contributed by atoms with Gasteiger partial charge in [0.25, 0.3) is 0 Å². The normalized spacial score (nSPS) is 16.0.